The Kier molecular flexibility index (Phi) is 5.57. The van der Waals surface area contributed by atoms with Crippen LogP contribution in [0.1, 0.15) is 17.0 Å². The van der Waals surface area contributed by atoms with Crippen molar-refractivity contribution in [3.8, 4) is 5.75 Å². The molecule has 5 aromatic rings. The molecule has 0 amide bonds. The number of rotatable bonds is 7. The van der Waals surface area contributed by atoms with Gasteiger partial charge in [-0.1, -0.05) is 66.2 Å². The third kappa shape index (κ3) is 4.41. The topological polar surface area (TPSA) is 49.9 Å². The lowest BCUT2D eigenvalue weighted by Gasteiger charge is -2.15. The Hall–Kier alpha value is -3.34. The van der Waals surface area contributed by atoms with E-state index >= 15 is 0 Å². The van der Waals surface area contributed by atoms with E-state index in [0.29, 0.717) is 19.7 Å². The van der Waals surface area contributed by atoms with Gasteiger partial charge >= 0.3 is 0 Å². The van der Waals surface area contributed by atoms with Crippen molar-refractivity contribution in [1.29, 1.82) is 0 Å². The van der Waals surface area contributed by atoms with Gasteiger partial charge in [0.1, 0.15) is 18.2 Å². The van der Waals surface area contributed by atoms with Crippen LogP contribution in [-0.4, -0.2) is 9.97 Å². The summed E-state index contributed by atoms with van der Waals surface area (Å²) in [6.07, 6.45) is 0. The first kappa shape index (κ1) is 19.6. The second-order valence-electron chi connectivity index (χ2n) is 7.48. The summed E-state index contributed by atoms with van der Waals surface area (Å²) in [4.78, 5) is 8.02. The SMILES string of the molecule is Clc1ccc(COc2ccc3ccccc3c2CNCc2nc3ccccc3[nH]2)cc1. The first-order chi connectivity index (χ1) is 15.3. The molecule has 5 heteroatoms. The number of nitrogens with one attached hydrogen (secondary N) is 2. The molecule has 31 heavy (non-hydrogen) atoms. The van der Waals surface area contributed by atoms with Gasteiger partial charge in [-0.15, -0.1) is 0 Å². The first-order valence-corrected chi connectivity index (χ1v) is 10.7. The third-order valence-corrected chi connectivity index (χ3v) is 5.59. The van der Waals surface area contributed by atoms with Gasteiger partial charge in [0.25, 0.3) is 0 Å². The highest BCUT2D eigenvalue weighted by atomic mass is 35.5. The van der Waals surface area contributed by atoms with E-state index < -0.39 is 0 Å². The predicted octanol–water partition coefficient (Wildman–Crippen LogP) is 6.24. The van der Waals surface area contributed by atoms with Crippen molar-refractivity contribution in [3.63, 3.8) is 0 Å². The van der Waals surface area contributed by atoms with Crippen molar-refractivity contribution in [2.24, 2.45) is 0 Å². The van der Waals surface area contributed by atoms with E-state index in [-0.39, 0.29) is 0 Å². The van der Waals surface area contributed by atoms with Gasteiger partial charge in [-0.3, -0.25) is 0 Å². The van der Waals surface area contributed by atoms with Crippen LogP contribution < -0.4 is 10.1 Å². The summed E-state index contributed by atoms with van der Waals surface area (Å²) in [6.45, 7) is 1.81. The maximum Gasteiger partial charge on any atom is 0.124 e. The Balaban J connectivity index is 1.36. The van der Waals surface area contributed by atoms with Crippen LogP contribution in [0.3, 0.4) is 0 Å². The average molecular weight is 428 g/mol. The van der Waals surface area contributed by atoms with Gasteiger partial charge in [0.15, 0.2) is 0 Å². The van der Waals surface area contributed by atoms with Gasteiger partial charge in [0.2, 0.25) is 0 Å². The molecular weight excluding hydrogens is 406 g/mol. The number of fused-ring (bicyclic) bond motifs is 2. The molecule has 0 fully saturated rings. The average Bonchev–Trinajstić information content (AvgIpc) is 3.22. The van der Waals surface area contributed by atoms with Gasteiger partial charge in [0.05, 0.1) is 17.6 Å². The quantitative estimate of drug-likeness (QED) is 0.323. The molecular formula is C26H22ClN3O. The molecule has 4 aromatic carbocycles. The molecule has 1 aromatic heterocycles. The molecule has 0 unspecified atom stereocenters. The van der Waals surface area contributed by atoms with Crippen molar-refractivity contribution in [2.45, 2.75) is 19.7 Å². The van der Waals surface area contributed by atoms with E-state index in [0.717, 1.165) is 38.8 Å². The maximum atomic E-state index is 6.22. The molecule has 0 aliphatic heterocycles. The van der Waals surface area contributed by atoms with Gasteiger partial charge < -0.3 is 15.0 Å². The van der Waals surface area contributed by atoms with Gasteiger partial charge in [0, 0.05) is 17.1 Å². The molecule has 5 rings (SSSR count). The minimum Gasteiger partial charge on any atom is -0.489 e. The van der Waals surface area contributed by atoms with Crippen LogP contribution in [0.25, 0.3) is 21.8 Å². The van der Waals surface area contributed by atoms with Crippen molar-refractivity contribution >= 4 is 33.4 Å². The fourth-order valence-electron chi connectivity index (χ4n) is 3.77. The Morgan fingerprint density at radius 2 is 1.65 bits per heavy atom. The molecule has 2 N–H and O–H groups in total. The standard InChI is InChI=1S/C26H22ClN3O/c27-20-12-9-18(10-13-20)17-31-25-14-11-19-5-1-2-6-21(19)22(25)15-28-16-26-29-23-7-3-4-8-24(23)30-26/h1-14,28H,15-17H2,(H,29,30). The zero-order valence-electron chi connectivity index (χ0n) is 16.9. The summed E-state index contributed by atoms with van der Waals surface area (Å²) in [5.74, 6) is 1.80. The lowest BCUT2D eigenvalue weighted by Crippen LogP contribution is -2.15. The summed E-state index contributed by atoms with van der Waals surface area (Å²) < 4.78 is 6.22. The number of hydrogen-bond acceptors (Lipinski definition) is 3. The normalized spacial score (nSPS) is 11.3. The molecule has 0 saturated heterocycles. The highest BCUT2D eigenvalue weighted by Gasteiger charge is 2.10. The molecule has 0 bridgehead atoms. The fraction of sp³-hybridized carbons (Fsp3) is 0.115. The number of nitrogens with zero attached hydrogens (tertiary/aromatic N) is 1. The van der Waals surface area contributed by atoms with E-state index in [9.17, 15) is 0 Å². The van der Waals surface area contributed by atoms with Crippen molar-refractivity contribution in [3.05, 3.63) is 107 Å². The minimum absolute atomic E-state index is 0.492. The smallest absolute Gasteiger partial charge is 0.124 e. The number of halogens is 1. The van der Waals surface area contributed by atoms with Gasteiger partial charge in [-0.2, -0.15) is 0 Å². The molecule has 0 spiro atoms. The highest BCUT2D eigenvalue weighted by molar-refractivity contribution is 6.30. The number of imidazole rings is 1. The molecule has 4 nitrogen and oxygen atoms in total. The first-order valence-electron chi connectivity index (χ1n) is 10.3. The lowest BCUT2D eigenvalue weighted by atomic mass is 10.0. The number of aromatic amines is 1. The molecule has 0 saturated carbocycles. The van der Waals surface area contributed by atoms with E-state index in [2.05, 4.69) is 51.7 Å². The molecule has 154 valence electrons. The highest BCUT2D eigenvalue weighted by Crippen LogP contribution is 2.29. The second-order valence-corrected chi connectivity index (χ2v) is 7.92. The Morgan fingerprint density at radius 1 is 0.839 bits per heavy atom. The van der Waals surface area contributed by atoms with Crippen LogP contribution in [0.15, 0.2) is 84.9 Å². The van der Waals surface area contributed by atoms with E-state index in [1.807, 2.05) is 48.5 Å². The molecule has 0 atom stereocenters. The zero-order valence-corrected chi connectivity index (χ0v) is 17.7. The fourth-order valence-corrected chi connectivity index (χ4v) is 3.90. The number of aromatic nitrogens is 2. The van der Waals surface area contributed by atoms with Crippen LogP contribution >= 0.6 is 11.6 Å². The van der Waals surface area contributed by atoms with E-state index in [1.54, 1.807) is 0 Å². The van der Waals surface area contributed by atoms with Gasteiger partial charge in [-0.25, -0.2) is 4.98 Å². The third-order valence-electron chi connectivity index (χ3n) is 5.34. The second kappa shape index (κ2) is 8.80. The van der Waals surface area contributed by atoms with E-state index in [4.69, 9.17) is 16.3 Å². The van der Waals surface area contributed by atoms with Crippen LogP contribution in [0, 0.1) is 0 Å². The number of benzene rings is 4. The number of ether oxygens (including phenoxy) is 1. The predicted molar refractivity (Wildman–Crippen MR) is 126 cm³/mol. The van der Waals surface area contributed by atoms with Crippen LogP contribution in [-0.2, 0) is 19.7 Å². The lowest BCUT2D eigenvalue weighted by molar-refractivity contribution is 0.302. The monoisotopic (exact) mass is 427 g/mol. The Morgan fingerprint density at radius 3 is 2.52 bits per heavy atom. The largest absolute Gasteiger partial charge is 0.489 e. The molecule has 0 radical (unpaired) electrons. The van der Waals surface area contributed by atoms with Crippen LogP contribution in [0.2, 0.25) is 5.02 Å². The summed E-state index contributed by atoms with van der Waals surface area (Å²) in [6, 6.07) is 28.4. The zero-order chi connectivity index (χ0) is 21.0. The number of H-pyrrole nitrogens is 1. The number of hydrogen-bond donors (Lipinski definition) is 2. The van der Waals surface area contributed by atoms with Crippen molar-refractivity contribution in [2.75, 3.05) is 0 Å². The van der Waals surface area contributed by atoms with Gasteiger partial charge in [-0.05, 0) is 46.7 Å². The maximum absolute atomic E-state index is 6.22. The molecule has 0 aliphatic rings. The molecule has 0 aliphatic carbocycles. The minimum atomic E-state index is 0.492. The summed E-state index contributed by atoms with van der Waals surface area (Å²) in [7, 11) is 0. The summed E-state index contributed by atoms with van der Waals surface area (Å²) in [5, 5.41) is 6.64. The van der Waals surface area contributed by atoms with E-state index in [1.165, 1.54) is 10.8 Å². The van der Waals surface area contributed by atoms with Crippen LogP contribution in [0.5, 0.6) is 5.75 Å². The summed E-state index contributed by atoms with van der Waals surface area (Å²) >= 11 is 6.00. The molecule has 1 heterocycles. The van der Waals surface area contributed by atoms with Crippen molar-refractivity contribution in [1.82, 2.24) is 15.3 Å². The van der Waals surface area contributed by atoms with Crippen molar-refractivity contribution < 1.29 is 4.74 Å². The van der Waals surface area contributed by atoms with Crippen LogP contribution in [0.4, 0.5) is 0 Å². The summed E-state index contributed by atoms with van der Waals surface area (Å²) in [5.41, 5.74) is 4.26. The Bertz CT molecular complexity index is 1290. The number of para-hydroxylation sites is 2. The Labute approximate surface area is 185 Å².